The van der Waals surface area contributed by atoms with Gasteiger partial charge in [0, 0.05) is 0 Å². The van der Waals surface area contributed by atoms with Crippen molar-refractivity contribution in [3.05, 3.63) is 10.8 Å². The van der Waals surface area contributed by atoms with Gasteiger partial charge < -0.3 is 10.2 Å². The quantitative estimate of drug-likeness (QED) is 0.887. The van der Waals surface area contributed by atoms with Crippen molar-refractivity contribution < 1.29 is 10.2 Å². The van der Waals surface area contributed by atoms with Gasteiger partial charge in [0.05, 0.1) is 18.8 Å². The number of aliphatic hydroxyl groups is 1. The Morgan fingerprint density at radius 2 is 2.25 bits per heavy atom. The van der Waals surface area contributed by atoms with Gasteiger partial charge in [-0.3, -0.25) is 4.57 Å². The van der Waals surface area contributed by atoms with Crippen molar-refractivity contribution in [1.29, 1.82) is 0 Å². The Morgan fingerprint density at radius 3 is 2.88 bits per heavy atom. The van der Waals surface area contributed by atoms with E-state index in [4.69, 9.17) is 0 Å². The fourth-order valence-corrected chi connectivity index (χ4v) is 1.84. The number of fused-ring (bicyclic) bond motifs is 1. The average molecular weight is 287 g/mol. The normalized spacial score (nSPS) is 13.2. The molecule has 0 aliphatic rings. The molecule has 2 N–H and O–H groups in total. The molecule has 2 aromatic heterocycles. The van der Waals surface area contributed by atoms with Gasteiger partial charge in [-0.15, -0.1) is 0 Å². The van der Waals surface area contributed by atoms with Crippen LogP contribution in [0.5, 0.6) is 6.01 Å². The first kappa shape index (κ1) is 11.3. The summed E-state index contributed by atoms with van der Waals surface area (Å²) in [6, 6.07) is -0.414. The average Bonchev–Trinajstić information content (AvgIpc) is 2.58. The molecule has 0 unspecified atom stereocenters. The first-order chi connectivity index (χ1) is 7.67. The van der Waals surface area contributed by atoms with E-state index in [1.165, 1.54) is 10.8 Å². The Labute approximate surface area is 100 Å². The Hall–Kier alpha value is -1.21. The van der Waals surface area contributed by atoms with Gasteiger partial charge in [0.25, 0.3) is 6.01 Å². The molecule has 0 amide bonds. The summed E-state index contributed by atoms with van der Waals surface area (Å²) in [6.07, 6.45) is 2.18. The van der Waals surface area contributed by atoms with Gasteiger partial charge in [0.15, 0.2) is 5.65 Å². The summed E-state index contributed by atoms with van der Waals surface area (Å²) in [5, 5.41) is 18.9. The third-order valence-electron chi connectivity index (χ3n) is 2.40. The van der Waals surface area contributed by atoms with Crippen molar-refractivity contribution in [2.24, 2.45) is 0 Å². The topological polar surface area (TPSA) is 84.1 Å². The highest BCUT2D eigenvalue weighted by atomic mass is 79.9. The fraction of sp³-hybridized carbons (Fsp3) is 0.444. The number of aliphatic hydroxyl groups excluding tert-OH is 1. The monoisotopic (exact) mass is 286 g/mol. The number of imidazole rings is 1. The molecule has 0 spiro atoms. The summed E-state index contributed by atoms with van der Waals surface area (Å²) in [6.45, 7) is 1.83. The molecule has 0 aromatic carbocycles. The first-order valence-corrected chi connectivity index (χ1v) is 5.67. The molecule has 6 nitrogen and oxygen atoms in total. The van der Waals surface area contributed by atoms with Crippen LogP contribution in [-0.4, -0.2) is 36.3 Å². The van der Waals surface area contributed by atoms with Crippen LogP contribution in [0.1, 0.15) is 19.4 Å². The lowest BCUT2D eigenvalue weighted by atomic mass is 10.2. The Morgan fingerprint density at radius 1 is 1.50 bits per heavy atom. The van der Waals surface area contributed by atoms with Crippen molar-refractivity contribution in [3.8, 4) is 6.01 Å². The first-order valence-electron chi connectivity index (χ1n) is 4.87. The van der Waals surface area contributed by atoms with Gasteiger partial charge in [-0.2, -0.15) is 4.98 Å². The molecule has 0 saturated carbocycles. The second-order valence-electron chi connectivity index (χ2n) is 3.37. The Balaban J connectivity index is 2.66. The van der Waals surface area contributed by atoms with E-state index in [0.29, 0.717) is 22.3 Å². The molecule has 2 rings (SSSR count). The van der Waals surface area contributed by atoms with Gasteiger partial charge >= 0.3 is 0 Å². The highest BCUT2D eigenvalue weighted by Crippen LogP contribution is 2.25. The van der Waals surface area contributed by atoms with Crippen molar-refractivity contribution in [2.45, 2.75) is 19.4 Å². The Bertz CT molecular complexity index is 509. The standard InChI is InChI=1S/C9H11BrN4O2/c1-2-5(4-15)14-8-7(13-9(14)16)11-3-6(10)12-8/h3,5,15H,2,4H2,1H3,(H,11,13,16)/t5-/m1/s1. The molecule has 0 aliphatic heterocycles. The minimum absolute atomic E-state index is 0.0796. The van der Waals surface area contributed by atoms with Gasteiger partial charge in [-0.1, -0.05) is 6.92 Å². The van der Waals surface area contributed by atoms with E-state index in [1.807, 2.05) is 6.92 Å². The molecule has 2 aromatic rings. The maximum absolute atomic E-state index is 9.70. The molecule has 0 bridgehead atoms. The van der Waals surface area contributed by atoms with Crippen LogP contribution in [0.2, 0.25) is 0 Å². The molecule has 0 saturated heterocycles. The molecule has 0 aliphatic carbocycles. The largest absolute Gasteiger partial charge is 0.480 e. The number of hydrogen-bond donors (Lipinski definition) is 2. The van der Waals surface area contributed by atoms with E-state index in [-0.39, 0.29) is 18.7 Å². The zero-order chi connectivity index (χ0) is 11.7. The molecular formula is C9H11BrN4O2. The third kappa shape index (κ3) is 1.76. The lowest BCUT2D eigenvalue weighted by Crippen LogP contribution is -2.12. The molecule has 1 atom stereocenters. The number of aromatic hydroxyl groups is 1. The number of hydrogen-bond acceptors (Lipinski definition) is 5. The minimum Gasteiger partial charge on any atom is -0.480 e. The van der Waals surface area contributed by atoms with E-state index >= 15 is 0 Å². The van der Waals surface area contributed by atoms with Crippen LogP contribution < -0.4 is 0 Å². The SMILES string of the molecule is CC[C@H](CO)n1c(O)nc2ncc(Br)nc21. The van der Waals surface area contributed by atoms with Crippen LogP contribution in [0.25, 0.3) is 11.3 Å². The maximum atomic E-state index is 9.70. The van der Waals surface area contributed by atoms with Crippen molar-refractivity contribution in [2.75, 3.05) is 6.61 Å². The minimum atomic E-state index is -0.242. The lowest BCUT2D eigenvalue weighted by Gasteiger charge is -2.14. The van der Waals surface area contributed by atoms with Crippen molar-refractivity contribution >= 4 is 27.2 Å². The van der Waals surface area contributed by atoms with E-state index < -0.39 is 0 Å². The summed E-state index contributed by atoms with van der Waals surface area (Å²) in [5.41, 5.74) is 0.834. The van der Waals surface area contributed by atoms with E-state index in [9.17, 15) is 10.2 Å². The molecular weight excluding hydrogens is 276 g/mol. The Kier molecular flexibility index (Phi) is 3.06. The van der Waals surface area contributed by atoms with Crippen molar-refractivity contribution in [1.82, 2.24) is 19.5 Å². The predicted octanol–water partition coefficient (Wildman–Crippen LogP) is 1.24. The maximum Gasteiger partial charge on any atom is 0.297 e. The van der Waals surface area contributed by atoms with E-state index in [2.05, 4.69) is 30.9 Å². The van der Waals surface area contributed by atoms with Crippen LogP contribution in [0, 0.1) is 0 Å². The molecule has 86 valence electrons. The highest BCUT2D eigenvalue weighted by Gasteiger charge is 2.18. The smallest absolute Gasteiger partial charge is 0.297 e. The summed E-state index contributed by atoms with van der Waals surface area (Å²) in [4.78, 5) is 12.1. The zero-order valence-corrected chi connectivity index (χ0v) is 10.2. The number of rotatable bonds is 3. The van der Waals surface area contributed by atoms with E-state index in [0.717, 1.165) is 0 Å². The molecule has 0 radical (unpaired) electrons. The third-order valence-corrected chi connectivity index (χ3v) is 2.78. The van der Waals surface area contributed by atoms with Gasteiger partial charge in [-0.25, -0.2) is 9.97 Å². The van der Waals surface area contributed by atoms with E-state index in [1.54, 1.807) is 0 Å². The van der Waals surface area contributed by atoms with Crippen LogP contribution in [0.3, 0.4) is 0 Å². The number of aromatic nitrogens is 4. The van der Waals surface area contributed by atoms with Crippen LogP contribution in [0.4, 0.5) is 0 Å². The molecule has 16 heavy (non-hydrogen) atoms. The lowest BCUT2D eigenvalue weighted by molar-refractivity contribution is 0.215. The number of nitrogens with zero attached hydrogens (tertiary/aromatic N) is 4. The van der Waals surface area contributed by atoms with Gasteiger partial charge in [-0.05, 0) is 22.4 Å². The van der Waals surface area contributed by atoms with Crippen LogP contribution >= 0.6 is 15.9 Å². The summed E-state index contributed by atoms with van der Waals surface area (Å²) in [5.74, 6) is 0. The van der Waals surface area contributed by atoms with Gasteiger partial charge in [0.2, 0.25) is 5.65 Å². The fourth-order valence-electron chi connectivity index (χ4n) is 1.57. The van der Waals surface area contributed by atoms with Crippen LogP contribution in [0.15, 0.2) is 10.8 Å². The zero-order valence-electron chi connectivity index (χ0n) is 8.63. The van der Waals surface area contributed by atoms with Crippen molar-refractivity contribution in [3.63, 3.8) is 0 Å². The molecule has 0 fully saturated rings. The van der Waals surface area contributed by atoms with Crippen LogP contribution in [-0.2, 0) is 0 Å². The molecule has 2 heterocycles. The summed E-state index contributed by atoms with van der Waals surface area (Å²) in [7, 11) is 0. The highest BCUT2D eigenvalue weighted by molar-refractivity contribution is 9.10. The second kappa shape index (κ2) is 4.34. The summed E-state index contributed by atoms with van der Waals surface area (Å²) < 4.78 is 2.06. The number of halogens is 1. The second-order valence-corrected chi connectivity index (χ2v) is 4.18. The van der Waals surface area contributed by atoms with Gasteiger partial charge in [0.1, 0.15) is 4.60 Å². The predicted molar refractivity (Wildman–Crippen MR) is 61.1 cm³/mol. The molecule has 7 heteroatoms. The summed E-state index contributed by atoms with van der Waals surface area (Å²) >= 11 is 3.21.